The van der Waals surface area contributed by atoms with Gasteiger partial charge in [-0.15, -0.1) is 11.8 Å². The molecular formula is C22H28N4O3S. The summed E-state index contributed by atoms with van der Waals surface area (Å²) < 4.78 is 0. The van der Waals surface area contributed by atoms with Crippen LogP contribution in [0.4, 0.5) is 5.69 Å². The minimum absolute atomic E-state index is 0.0490. The number of nitrogens with zero attached hydrogens (tertiary/aromatic N) is 3. The van der Waals surface area contributed by atoms with Gasteiger partial charge in [-0.3, -0.25) is 19.8 Å². The van der Waals surface area contributed by atoms with Gasteiger partial charge >= 0.3 is 0 Å². The molecule has 0 aromatic heterocycles. The Bertz CT molecular complexity index is 867. The highest BCUT2D eigenvalue weighted by Crippen LogP contribution is 2.25. The van der Waals surface area contributed by atoms with Crippen LogP contribution in [0.15, 0.2) is 53.4 Å². The third kappa shape index (κ3) is 6.55. The quantitative estimate of drug-likeness (QED) is 0.395. The van der Waals surface area contributed by atoms with Crippen molar-refractivity contribution in [2.75, 3.05) is 33.2 Å². The smallest absolute Gasteiger partial charge is 0.269 e. The highest BCUT2D eigenvalue weighted by atomic mass is 32.2. The molecule has 2 aromatic carbocycles. The maximum Gasteiger partial charge on any atom is 0.269 e. The van der Waals surface area contributed by atoms with Crippen LogP contribution >= 0.6 is 11.8 Å². The summed E-state index contributed by atoms with van der Waals surface area (Å²) in [6, 6.07) is 14.6. The summed E-state index contributed by atoms with van der Waals surface area (Å²) in [5.74, 6) is -0.0529. The third-order valence-corrected chi connectivity index (χ3v) is 6.30. The van der Waals surface area contributed by atoms with Gasteiger partial charge in [0, 0.05) is 56.3 Å². The fraction of sp³-hybridized carbons (Fsp3) is 0.409. The Balaban J connectivity index is 1.48. The number of non-ortho nitro benzene ring substituents is 1. The van der Waals surface area contributed by atoms with Gasteiger partial charge in [-0.2, -0.15) is 0 Å². The zero-order chi connectivity index (χ0) is 21.5. The van der Waals surface area contributed by atoms with Crippen molar-refractivity contribution in [1.29, 1.82) is 0 Å². The molecule has 1 aliphatic heterocycles. The maximum atomic E-state index is 12.5. The van der Waals surface area contributed by atoms with Crippen molar-refractivity contribution >= 4 is 23.4 Å². The first-order chi connectivity index (χ1) is 14.4. The second kappa shape index (κ2) is 10.6. The van der Waals surface area contributed by atoms with Crippen LogP contribution in [0.25, 0.3) is 0 Å². The lowest BCUT2D eigenvalue weighted by Gasteiger charge is -2.32. The zero-order valence-electron chi connectivity index (χ0n) is 17.4. The summed E-state index contributed by atoms with van der Waals surface area (Å²) in [6.45, 7) is 7.61. The monoisotopic (exact) mass is 428 g/mol. The van der Waals surface area contributed by atoms with Crippen LogP contribution in [0, 0.1) is 10.1 Å². The van der Waals surface area contributed by atoms with Gasteiger partial charge < -0.3 is 10.2 Å². The number of thioether (sulfide) groups is 1. The normalized spacial score (nSPS) is 16.2. The van der Waals surface area contributed by atoms with Crippen molar-refractivity contribution in [1.82, 2.24) is 15.1 Å². The lowest BCUT2D eigenvalue weighted by molar-refractivity contribution is -0.384. The Morgan fingerprint density at radius 1 is 1.13 bits per heavy atom. The number of rotatable bonds is 8. The number of nitro groups is 1. The number of hydrogen-bond donors (Lipinski definition) is 1. The number of piperazine rings is 1. The van der Waals surface area contributed by atoms with Crippen LogP contribution in [-0.2, 0) is 17.9 Å². The van der Waals surface area contributed by atoms with Gasteiger partial charge in [-0.1, -0.05) is 24.3 Å². The molecule has 3 rings (SSSR count). The van der Waals surface area contributed by atoms with E-state index in [9.17, 15) is 14.9 Å². The largest absolute Gasteiger partial charge is 0.351 e. The van der Waals surface area contributed by atoms with Crippen molar-refractivity contribution < 1.29 is 9.72 Å². The summed E-state index contributed by atoms with van der Waals surface area (Å²) in [6.07, 6.45) is 0. The molecule has 1 unspecified atom stereocenters. The summed E-state index contributed by atoms with van der Waals surface area (Å²) in [7, 11) is 2.15. The predicted octanol–water partition coefficient (Wildman–Crippen LogP) is 3.14. The first-order valence-corrected chi connectivity index (χ1v) is 11.0. The van der Waals surface area contributed by atoms with Gasteiger partial charge in [0.05, 0.1) is 10.2 Å². The Kier molecular flexibility index (Phi) is 7.84. The van der Waals surface area contributed by atoms with Crippen molar-refractivity contribution in [3.63, 3.8) is 0 Å². The first-order valence-electron chi connectivity index (χ1n) is 10.1. The molecule has 1 N–H and O–H groups in total. The fourth-order valence-electron chi connectivity index (χ4n) is 3.34. The Hall–Kier alpha value is -2.42. The molecule has 0 spiro atoms. The maximum absolute atomic E-state index is 12.5. The number of likely N-dealkylation sites (N-methyl/N-ethyl adjacent to an activating group) is 1. The van der Waals surface area contributed by atoms with E-state index in [4.69, 9.17) is 0 Å². The van der Waals surface area contributed by atoms with Crippen LogP contribution in [0.3, 0.4) is 0 Å². The van der Waals surface area contributed by atoms with E-state index >= 15 is 0 Å². The van der Waals surface area contributed by atoms with E-state index < -0.39 is 4.92 Å². The molecule has 0 saturated carbocycles. The number of nitrogens with one attached hydrogen (secondary N) is 1. The van der Waals surface area contributed by atoms with E-state index in [1.54, 1.807) is 12.1 Å². The molecule has 8 heteroatoms. The van der Waals surface area contributed by atoms with E-state index in [1.165, 1.54) is 29.5 Å². The van der Waals surface area contributed by atoms with Gasteiger partial charge in [-0.05, 0) is 37.2 Å². The molecular weight excluding hydrogens is 400 g/mol. The van der Waals surface area contributed by atoms with Crippen molar-refractivity contribution in [3.8, 4) is 0 Å². The van der Waals surface area contributed by atoms with Crippen molar-refractivity contribution in [2.45, 2.75) is 30.2 Å². The Morgan fingerprint density at radius 3 is 2.47 bits per heavy atom. The molecule has 1 fully saturated rings. The van der Waals surface area contributed by atoms with Crippen molar-refractivity contribution in [3.05, 3.63) is 69.8 Å². The molecule has 1 atom stereocenters. The van der Waals surface area contributed by atoms with E-state index in [1.807, 2.05) is 19.1 Å². The minimum Gasteiger partial charge on any atom is -0.351 e. The molecule has 1 saturated heterocycles. The number of benzene rings is 2. The van der Waals surface area contributed by atoms with E-state index in [0.717, 1.165) is 43.2 Å². The molecule has 1 heterocycles. The van der Waals surface area contributed by atoms with Gasteiger partial charge in [-0.25, -0.2) is 0 Å². The number of carbonyl (C=O) groups is 1. The van der Waals surface area contributed by atoms with Crippen LogP contribution in [0.2, 0.25) is 0 Å². The minimum atomic E-state index is -0.428. The van der Waals surface area contributed by atoms with Crippen molar-refractivity contribution in [2.24, 2.45) is 0 Å². The summed E-state index contributed by atoms with van der Waals surface area (Å²) in [4.78, 5) is 28.4. The SMILES string of the molecule is CC(Sc1ccc([N+](=O)[O-])cc1)C(=O)NCc1cccc(CN2CCN(C)CC2)c1. The van der Waals surface area contributed by atoms with Gasteiger partial charge in [0.1, 0.15) is 0 Å². The molecule has 1 amide bonds. The van der Waals surface area contributed by atoms with Crippen LogP contribution in [0.5, 0.6) is 0 Å². The molecule has 30 heavy (non-hydrogen) atoms. The number of carbonyl (C=O) groups excluding carboxylic acids is 1. The lowest BCUT2D eigenvalue weighted by Crippen LogP contribution is -2.43. The van der Waals surface area contributed by atoms with Gasteiger partial charge in [0.15, 0.2) is 0 Å². The Morgan fingerprint density at radius 2 is 1.80 bits per heavy atom. The molecule has 0 bridgehead atoms. The highest BCUT2D eigenvalue weighted by molar-refractivity contribution is 8.00. The molecule has 160 valence electrons. The fourth-order valence-corrected chi connectivity index (χ4v) is 4.23. The lowest BCUT2D eigenvalue weighted by atomic mass is 10.1. The van der Waals surface area contributed by atoms with Gasteiger partial charge in [0.25, 0.3) is 5.69 Å². The standard InChI is InChI=1S/C22H28N4O3S/c1-17(30-21-8-6-20(7-9-21)26(28)29)22(27)23-15-18-4-3-5-19(14-18)16-25-12-10-24(2)11-13-25/h3-9,14,17H,10-13,15-16H2,1-2H3,(H,23,27). The second-order valence-electron chi connectivity index (χ2n) is 7.63. The third-order valence-electron chi connectivity index (χ3n) is 5.19. The van der Waals surface area contributed by atoms with E-state index in [0.29, 0.717) is 6.54 Å². The van der Waals surface area contributed by atoms with Crippen LogP contribution < -0.4 is 5.32 Å². The topological polar surface area (TPSA) is 78.7 Å². The number of amides is 1. The van der Waals surface area contributed by atoms with E-state index in [-0.39, 0.29) is 16.8 Å². The summed E-state index contributed by atoms with van der Waals surface area (Å²) in [5, 5.41) is 13.4. The second-order valence-corrected chi connectivity index (χ2v) is 9.04. The summed E-state index contributed by atoms with van der Waals surface area (Å²) in [5.41, 5.74) is 2.40. The average Bonchev–Trinajstić information content (AvgIpc) is 2.74. The number of hydrogen-bond acceptors (Lipinski definition) is 6. The molecule has 0 radical (unpaired) electrons. The Labute approximate surface area is 181 Å². The van der Waals surface area contributed by atoms with Gasteiger partial charge in [0.2, 0.25) is 5.91 Å². The number of nitro benzene ring substituents is 1. The molecule has 2 aromatic rings. The molecule has 0 aliphatic carbocycles. The highest BCUT2D eigenvalue weighted by Gasteiger charge is 2.16. The molecule has 7 nitrogen and oxygen atoms in total. The van der Waals surface area contributed by atoms with Crippen LogP contribution in [-0.4, -0.2) is 59.1 Å². The van der Waals surface area contributed by atoms with Crippen LogP contribution in [0.1, 0.15) is 18.1 Å². The predicted molar refractivity (Wildman–Crippen MR) is 119 cm³/mol. The summed E-state index contributed by atoms with van der Waals surface area (Å²) >= 11 is 1.39. The average molecular weight is 429 g/mol. The molecule has 1 aliphatic rings. The van der Waals surface area contributed by atoms with E-state index in [2.05, 4.69) is 34.3 Å². The first kappa shape index (κ1) is 22.3. The zero-order valence-corrected chi connectivity index (χ0v) is 18.2.